The zero-order valence-corrected chi connectivity index (χ0v) is 27.6. The van der Waals surface area contributed by atoms with E-state index in [1.54, 1.807) is 0 Å². The molecule has 0 amide bonds. The average Bonchev–Trinajstić information content (AvgIpc) is 3.65. The van der Waals surface area contributed by atoms with Gasteiger partial charge in [0.05, 0.1) is 0 Å². The van der Waals surface area contributed by atoms with E-state index in [1.165, 1.54) is 49.4 Å². The van der Waals surface area contributed by atoms with Crippen LogP contribution >= 0.6 is 0 Å². The first-order valence-electron chi connectivity index (χ1n) is 17.2. The molecule has 3 heteroatoms. The van der Waals surface area contributed by atoms with Crippen molar-refractivity contribution in [3.8, 4) is 56.4 Å². The van der Waals surface area contributed by atoms with E-state index in [0.717, 1.165) is 55.9 Å². The molecule has 0 fully saturated rings. The molecule has 0 saturated heterocycles. The quantitative estimate of drug-likeness (QED) is 0.176. The van der Waals surface area contributed by atoms with Gasteiger partial charge in [0.15, 0.2) is 23.0 Å². The van der Waals surface area contributed by atoms with Gasteiger partial charge >= 0.3 is 0 Å². The second-order valence-corrected chi connectivity index (χ2v) is 14.0. The van der Waals surface area contributed by atoms with Crippen LogP contribution < -0.4 is 9.47 Å². The van der Waals surface area contributed by atoms with E-state index in [0.29, 0.717) is 5.75 Å². The smallest absolute Gasteiger partial charge is 0.178 e. The third kappa shape index (κ3) is 3.64. The number of ether oxygens (including phenoxy) is 2. The highest BCUT2D eigenvalue weighted by molar-refractivity contribution is 6.24. The SMILES string of the molecule is CC1(C)c2ccccc2-c2c1ccc1c2Oc2ccc(-c3c4ccccc4c(-c4cccc5c4oc4ccccc45)c4ccccc34)cc2O1. The summed E-state index contributed by atoms with van der Waals surface area (Å²) in [7, 11) is 0. The fourth-order valence-corrected chi connectivity index (χ4v) is 8.65. The Bertz CT molecular complexity index is 2850. The Labute approximate surface area is 288 Å². The highest BCUT2D eigenvalue weighted by Gasteiger charge is 2.39. The Hall–Kier alpha value is -6.32. The molecule has 0 spiro atoms. The van der Waals surface area contributed by atoms with E-state index >= 15 is 0 Å². The molecule has 0 N–H and O–H groups in total. The predicted molar refractivity (Wildman–Crippen MR) is 204 cm³/mol. The lowest BCUT2D eigenvalue weighted by molar-refractivity contribution is 0.360. The van der Waals surface area contributed by atoms with Gasteiger partial charge in [-0.25, -0.2) is 0 Å². The molecule has 50 heavy (non-hydrogen) atoms. The van der Waals surface area contributed by atoms with Crippen LogP contribution in [0.15, 0.2) is 150 Å². The minimum atomic E-state index is -0.112. The molecule has 11 rings (SSSR count). The summed E-state index contributed by atoms with van der Waals surface area (Å²) in [5.41, 5.74) is 11.1. The molecule has 2 heterocycles. The first-order chi connectivity index (χ1) is 24.6. The maximum absolute atomic E-state index is 6.74. The van der Waals surface area contributed by atoms with Crippen LogP contribution in [0.5, 0.6) is 23.0 Å². The van der Waals surface area contributed by atoms with Gasteiger partial charge in [0.2, 0.25) is 0 Å². The number of hydrogen-bond donors (Lipinski definition) is 0. The standard InChI is InChI=1S/C47H30O3/c1-47(2)36-20-9-7-17-34(36)44-37(47)23-25-40-46(44)50-39-24-22-27(26-41(39)48-40)42-29-13-3-5-15-31(29)43(32-16-6-4-14-30(32)42)35-19-11-18-33-28-12-8-10-21-38(28)49-45(33)35/h3-26H,1-2H3. The zero-order valence-electron chi connectivity index (χ0n) is 27.6. The fraction of sp³-hybridized carbons (Fsp3) is 0.0638. The van der Waals surface area contributed by atoms with Crippen LogP contribution in [0.2, 0.25) is 0 Å². The molecule has 0 atom stereocenters. The number of benzene rings is 8. The van der Waals surface area contributed by atoms with Crippen molar-refractivity contribution in [1.29, 1.82) is 0 Å². The Morgan fingerprint density at radius 1 is 0.420 bits per heavy atom. The second kappa shape index (κ2) is 9.87. The Morgan fingerprint density at radius 2 is 1.04 bits per heavy atom. The lowest BCUT2D eigenvalue weighted by Gasteiger charge is -2.26. The van der Waals surface area contributed by atoms with Gasteiger partial charge in [-0.1, -0.05) is 135 Å². The summed E-state index contributed by atoms with van der Waals surface area (Å²) < 4.78 is 20.0. The Kier molecular flexibility index (Phi) is 5.45. The molecule has 2 aliphatic rings. The summed E-state index contributed by atoms with van der Waals surface area (Å²) in [6.07, 6.45) is 0. The minimum Gasteiger partial charge on any atom is -0.455 e. The molecule has 3 nitrogen and oxygen atoms in total. The molecule has 236 valence electrons. The molecule has 9 aromatic rings. The van der Waals surface area contributed by atoms with E-state index in [4.69, 9.17) is 13.9 Å². The van der Waals surface area contributed by atoms with E-state index in [-0.39, 0.29) is 5.41 Å². The van der Waals surface area contributed by atoms with E-state index in [2.05, 4.69) is 147 Å². The van der Waals surface area contributed by atoms with Crippen LogP contribution in [0.4, 0.5) is 0 Å². The summed E-state index contributed by atoms with van der Waals surface area (Å²) in [6.45, 7) is 4.57. The maximum atomic E-state index is 6.74. The fourth-order valence-electron chi connectivity index (χ4n) is 8.65. The number of rotatable bonds is 2. The van der Waals surface area contributed by atoms with Gasteiger partial charge in [-0.05, 0) is 73.6 Å². The van der Waals surface area contributed by atoms with Gasteiger partial charge in [0, 0.05) is 32.9 Å². The van der Waals surface area contributed by atoms with Crippen molar-refractivity contribution in [2.45, 2.75) is 19.3 Å². The van der Waals surface area contributed by atoms with Crippen molar-refractivity contribution >= 4 is 43.5 Å². The van der Waals surface area contributed by atoms with Crippen molar-refractivity contribution in [1.82, 2.24) is 0 Å². The van der Waals surface area contributed by atoms with Crippen molar-refractivity contribution < 1.29 is 13.9 Å². The van der Waals surface area contributed by atoms with Crippen molar-refractivity contribution in [2.75, 3.05) is 0 Å². The molecule has 8 aromatic carbocycles. The highest BCUT2D eigenvalue weighted by Crippen LogP contribution is 2.59. The van der Waals surface area contributed by atoms with Crippen LogP contribution in [0, 0.1) is 0 Å². The monoisotopic (exact) mass is 642 g/mol. The molecular weight excluding hydrogens is 613 g/mol. The molecule has 1 aromatic heterocycles. The van der Waals surface area contributed by atoms with Crippen LogP contribution in [0.1, 0.15) is 25.0 Å². The Morgan fingerprint density at radius 3 is 1.82 bits per heavy atom. The van der Waals surface area contributed by atoms with Gasteiger partial charge in [-0.15, -0.1) is 0 Å². The van der Waals surface area contributed by atoms with Gasteiger partial charge in [-0.3, -0.25) is 0 Å². The van der Waals surface area contributed by atoms with Crippen LogP contribution in [0.3, 0.4) is 0 Å². The van der Waals surface area contributed by atoms with Crippen molar-refractivity contribution in [3.05, 3.63) is 157 Å². The number of para-hydroxylation sites is 2. The van der Waals surface area contributed by atoms with Gasteiger partial charge in [-0.2, -0.15) is 0 Å². The first kappa shape index (κ1) is 27.6. The number of hydrogen-bond acceptors (Lipinski definition) is 3. The van der Waals surface area contributed by atoms with E-state index < -0.39 is 0 Å². The number of fused-ring (bicyclic) bond motifs is 11. The molecule has 0 radical (unpaired) electrons. The zero-order chi connectivity index (χ0) is 33.1. The lowest BCUT2D eigenvalue weighted by Crippen LogP contribution is -2.15. The summed E-state index contributed by atoms with van der Waals surface area (Å²) in [6, 6.07) is 51.5. The number of furan rings is 1. The molecule has 1 aliphatic heterocycles. The van der Waals surface area contributed by atoms with Crippen LogP contribution in [-0.2, 0) is 5.41 Å². The normalized spacial score (nSPS) is 13.9. The highest BCUT2D eigenvalue weighted by atomic mass is 16.6. The van der Waals surface area contributed by atoms with E-state index in [9.17, 15) is 0 Å². The van der Waals surface area contributed by atoms with Gasteiger partial charge in [0.25, 0.3) is 0 Å². The molecule has 1 aliphatic carbocycles. The van der Waals surface area contributed by atoms with Crippen LogP contribution in [0.25, 0.3) is 76.9 Å². The largest absolute Gasteiger partial charge is 0.455 e. The Balaban J connectivity index is 1.10. The third-order valence-electron chi connectivity index (χ3n) is 10.9. The van der Waals surface area contributed by atoms with E-state index in [1.807, 2.05) is 12.1 Å². The summed E-state index contributed by atoms with van der Waals surface area (Å²) in [4.78, 5) is 0. The summed E-state index contributed by atoms with van der Waals surface area (Å²) in [5.74, 6) is 2.97. The van der Waals surface area contributed by atoms with Crippen LogP contribution in [-0.4, -0.2) is 0 Å². The van der Waals surface area contributed by atoms with Gasteiger partial charge in [0.1, 0.15) is 11.2 Å². The lowest BCUT2D eigenvalue weighted by atomic mass is 9.82. The second-order valence-electron chi connectivity index (χ2n) is 14.0. The topological polar surface area (TPSA) is 31.6 Å². The average molecular weight is 643 g/mol. The third-order valence-corrected chi connectivity index (χ3v) is 10.9. The molecule has 0 saturated carbocycles. The maximum Gasteiger partial charge on any atom is 0.178 e. The minimum absolute atomic E-state index is 0.112. The van der Waals surface area contributed by atoms with Crippen molar-refractivity contribution in [2.24, 2.45) is 0 Å². The summed E-state index contributed by atoms with van der Waals surface area (Å²) in [5, 5.41) is 6.94. The first-order valence-corrected chi connectivity index (χ1v) is 17.2. The molecular formula is C47H30O3. The predicted octanol–water partition coefficient (Wildman–Crippen LogP) is 13.4. The summed E-state index contributed by atoms with van der Waals surface area (Å²) >= 11 is 0. The van der Waals surface area contributed by atoms with Crippen molar-refractivity contribution in [3.63, 3.8) is 0 Å². The molecule has 0 unspecified atom stereocenters. The van der Waals surface area contributed by atoms with Gasteiger partial charge < -0.3 is 13.9 Å². The molecule has 0 bridgehead atoms.